The fourth-order valence-corrected chi connectivity index (χ4v) is 4.25. The summed E-state index contributed by atoms with van der Waals surface area (Å²) in [5.74, 6) is -0.732. The molecule has 0 spiro atoms. The van der Waals surface area contributed by atoms with E-state index < -0.39 is 20.4 Å². The van der Waals surface area contributed by atoms with Crippen molar-refractivity contribution >= 4 is 14.7 Å². The average molecular weight is 264 g/mol. The zero-order chi connectivity index (χ0) is 13.5. The van der Waals surface area contributed by atoms with Gasteiger partial charge in [-0.3, -0.25) is 10.5 Å². The fourth-order valence-electron chi connectivity index (χ4n) is 1.42. The van der Waals surface area contributed by atoms with Crippen LogP contribution in [0.3, 0.4) is 0 Å². The van der Waals surface area contributed by atoms with Gasteiger partial charge in [0.25, 0.3) is 5.91 Å². The summed E-state index contributed by atoms with van der Waals surface area (Å²) in [7, 11) is -2.92. The van der Waals surface area contributed by atoms with Crippen LogP contribution in [-0.2, 0) is 18.1 Å². The van der Waals surface area contributed by atoms with Crippen LogP contribution in [0.25, 0.3) is 0 Å². The summed E-state index contributed by atoms with van der Waals surface area (Å²) in [6.07, 6.45) is 0.821. The van der Waals surface area contributed by atoms with Crippen LogP contribution < -0.4 is 11.5 Å². The van der Waals surface area contributed by atoms with Gasteiger partial charge in [-0.1, -0.05) is 13.3 Å². The van der Waals surface area contributed by atoms with Crippen molar-refractivity contribution in [1.82, 2.24) is 0 Å². The van der Waals surface area contributed by atoms with Gasteiger partial charge in [0.2, 0.25) is 0 Å². The summed E-state index contributed by atoms with van der Waals surface area (Å²) in [5.41, 5.74) is 9.34. The van der Waals surface area contributed by atoms with Crippen LogP contribution in [-0.4, -0.2) is 33.7 Å². The first-order valence-corrected chi connectivity index (χ1v) is 7.83. The quantitative estimate of drug-likeness (QED) is 0.469. The number of hydrogen-bond donors (Lipinski definition) is 2. The van der Waals surface area contributed by atoms with Crippen LogP contribution in [0.2, 0.25) is 6.04 Å². The molecule has 0 aromatic rings. The van der Waals surface area contributed by atoms with Crippen molar-refractivity contribution in [3.63, 3.8) is 0 Å². The highest BCUT2D eigenvalue weighted by atomic mass is 28.4. The van der Waals surface area contributed by atoms with Crippen LogP contribution in [0, 0.1) is 0 Å². The molecule has 0 rings (SSSR count). The molecule has 0 saturated carbocycles. The fraction of sp³-hybridized carbons (Fsp3) is 0.900. The van der Waals surface area contributed by atoms with Crippen LogP contribution in [0.4, 0.5) is 0 Å². The Morgan fingerprint density at radius 2 is 1.71 bits per heavy atom. The number of amides is 1. The van der Waals surface area contributed by atoms with E-state index in [1.807, 2.05) is 20.8 Å². The molecule has 0 aromatic heterocycles. The van der Waals surface area contributed by atoms with Gasteiger partial charge in [-0.25, -0.2) is 0 Å². The Balaban J connectivity index is 4.93. The van der Waals surface area contributed by atoms with Crippen LogP contribution in [0.15, 0.2) is 0 Å². The van der Waals surface area contributed by atoms with E-state index in [9.17, 15) is 4.79 Å². The Bertz CT molecular complexity index is 231. The standard InChI is InChI=1S/C10H24N2O4Si/c1-5-8-17(14-6-2,15-7-3)16-10(4,12)9(11)13/h5-8,12H2,1-4H3,(H2,11,13). The monoisotopic (exact) mass is 264 g/mol. The average Bonchev–Trinajstić information content (AvgIpc) is 2.17. The second-order valence-corrected chi connectivity index (χ2v) is 6.52. The third-order valence-corrected chi connectivity index (χ3v) is 5.45. The van der Waals surface area contributed by atoms with Crippen molar-refractivity contribution in [3.8, 4) is 0 Å². The minimum atomic E-state index is -2.92. The zero-order valence-electron chi connectivity index (χ0n) is 11.1. The van der Waals surface area contributed by atoms with Crippen molar-refractivity contribution in [3.05, 3.63) is 0 Å². The summed E-state index contributed by atoms with van der Waals surface area (Å²) in [4.78, 5) is 11.2. The first-order valence-electron chi connectivity index (χ1n) is 5.90. The first kappa shape index (κ1) is 16.5. The summed E-state index contributed by atoms with van der Waals surface area (Å²) < 4.78 is 16.8. The molecule has 0 fully saturated rings. The Hall–Kier alpha value is -0.473. The predicted molar refractivity (Wildman–Crippen MR) is 67.0 cm³/mol. The van der Waals surface area contributed by atoms with Gasteiger partial charge in [0, 0.05) is 19.3 Å². The zero-order valence-corrected chi connectivity index (χ0v) is 12.1. The molecule has 0 aliphatic carbocycles. The van der Waals surface area contributed by atoms with Gasteiger partial charge in [0.15, 0.2) is 5.72 Å². The Morgan fingerprint density at radius 1 is 1.24 bits per heavy atom. The normalized spacial score (nSPS) is 15.6. The highest BCUT2D eigenvalue weighted by Gasteiger charge is 2.47. The smallest absolute Gasteiger partial charge is 0.374 e. The first-order chi connectivity index (χ1) is 7.83. The molecule has 0 aromatic carbocycles. The van der Waals surface area contributed by atoms with E-state index in [0.29, 0.717) is 19.3 Å². The molecule has 0 radical (unpaired) electrons. The van der Waals surface area contributed by atoms with E-state index >= 15 is 0 Å². The van der Waals surface area contributed by atoms with E-state index in [0.717, 1.165) is 6.42 Å². The lowest BCUT2D eigenvalue weighted by Gasteiger charge is -2.34. The maximum atomic E-state index is 11.2. The van der Waals surface area contributed by atoms with Crippen molar-refractivity contribution in [2.75, 3.05) is 13.2 Å². The lowest BCUT2D eigenvalue weighted by Crippen LogP contribution is -2.61. The summed E-state index contributed by atoms with van der Waals surface area (Å²) in [6.45, 7) is 7.99. The summed E-state index contributed by atoms with van der Waals surface area (Å²) in [6, 6.07) is 0.606. The molecule has 17 heavy (non-hydrogen) atoms. The molecule has 1 amide bonds. The van der Waals surface area contributed by atoms with Gasteiger partial charge in [-0.2, -0.15) is 0 Å². The number of rotatable bonds is 9. The van der Waals surface area contributed by atoms with E-state index in [2.05, 4.69) is 0 Å². The van der Waals surface area contributed by atoms with Crippen molar-refractivity contribution in [2.24, 2.45) is 11.5 Å². The Labute approximate surface area is 104 Å². The molecule has 102 valence electrons. The number of hydrogen-bond acceptors (Lipinski definition) is 5. The largest absolute Gasteiger partial charge is 0.502 e. The van der Waals surface area contributed by atoms with E-state index in [4.69, 9.17) is 24.7 Å². The minimum Gasteiger partial charge on any atom is -0.374 e. The van der Waals surface area contributed by atoms with Crippen LogP contribution in [0.5, 0.6) is 0 Å². The van der Waals surface area contributed by atoms with E-state index in [-0.39, 0.29) is 0 Å². The van der Waals surface area contributed by atoms with Crippen molar-refractivity contribution in [2.45, 2.75) is 45.9 Å². The molecule has 6 nitrogen and oxygen atoms in total. The van der Waals surface area contributed by atoms with Crippen molar-refractivity contribution < 1.29 is 18.1 Å². The highest BCUT2D eigenvalue weighted by molar-refractivity contribution is 6.61. The highest BCUT2D eigenvalue weighted by Crippen LogP contribution is 2.22. The second-order valence-electron chi connectivity index (χ2n) is 3.87. The maximum Gasteiger partial charge on any atom is 0.502 e. The Morgan fingerprint density at radius 3 is 2.00 bits per heavy atom. The molecule has 0 heterocycles. The van der Waals surface area contributed by atoms with Gasteiger partial charge < -0.3 is 19.0 Å². The van der Waals surface area contributed by atoms with Gasteiger partial charge in [-0.15, -0.1) is 0 Å². The third kappa shape index (κ3) is 5.13. The SMILES string of the molecule is CCC[Si](OCC)(OCC)OC(C)(N)C(N)=O. The number of nitrogens with two attached hydrogens (primary N) is 2. The van der Waals surface area contributed by atoms with Crippen molar-refractivity contribution in [1.29, 1.82) is 0 Å². The predicted octanol–water partition coefficient (Wildman–Crippen LogP) is 0.585. The van der Waals surface area contributed by atoms with Gasteiger partial charge in [0.1, 0.15) is 0 Å². The molecular weight excluding hydrogens is 240 g/mol. The molecule has 0 bridgehead atoms. The topological polar surface area (TPSA) is 96.8 Å². The van der Waals surface area contributed by atoms with Gasteiger partial charge >= 0.3 is 8.80 Å². The molecule has 0 aliphatic rings. The second kappa shape index (κ2) is 7.07. The summed E-state index contributed by atoms with van der Waals surface area (Å²) in [5, 5.41) is 0. The van der Waals surface area contributed by atoms with E-state index in [1.165, 1.54) is 6.92 Å². The lowest BCUT2D eigenvalue weighted by molar-refractivity contribution is -0.136. The number of carbonyl (C=O) groups is 1. The van der Waals surface area contributed by atoms with Crippen LogP contribution in [0.1, 0.15) is 34.1 Å². The molecule has 1 unspecified atom stereocenters. The molecule has 4 N–H and O–H groups in total. The molecular formula is C10H24N2O4Si. The van der Waals surface area contributed by atoms with Gasteiger partial charge in [0.05, 0.1) is 0 Å². The lowest BCUT2D eigenvalue weighted by atomic mass is 10.3. The number of primary amides is 1. The molecule has 0 aliphatic heterocycles. The number of carbonyl (C=O) groups excluding carboxylic acids is 1. The van der Waals surface area contributed by atoms with E-state index in [1.54, 1.807) is 0 Å². The third-order valence-electron chi connectivity index (χ3n) is 2.14. The maximum absolute atomic E-state index is 11.2. The minimum absolute atomic E-state index is 0.446. The van der Waals surface area contributed by atoms with Crippen LogP contribution >= 0.6 is 0 Å². The van der Waals surface area contributed by atoms with Gasteiger partial charge in [-0.05, 0) is 20.8 Å². The summed E-state index contributed by atoms with van der Waals surface area (Å²) >= 11 is 0. The molecule has 7 heteroatoms. The molecule has 0 saturated heterocycles. The Kier molecular flexibility index (Phi) is 6.87. The molecule has 1 atom stereocenters.